The Balaban J connectivity index is 2.54. The van der Waals surface area contributed by atoms with Gasteiger partial charge in [0.2, 0.25) is 0 Å². The Morgan fingerprint density at radius 3 is 3.00 bits per heavy atom. The minimum Gasteiger partial charge on any atom is -0.490 e. The van der Waals surface area contributed by atoms with Gasteiger partial charge in [-0.1, -0.05) is 6.08 Å². The molecule has 4 heteroatoms. The van der Waals surface area contributed by atoms with E-state index in [4.69, 9.17) is 9.15 Å². The summed E-state index contributed by atoms with van der Waals surface area (Å²) in [5.74, 6) is 0.864. The molecule has 0 radical (unpaired) electrons. The molecule has 16 heavy (non-hydrogen) atoms. The Kier molecular flexibility index (Phi) is 2.83. The Hall–Kier alpha value is -1.55. The molecular formula is C12H14O4. The highest BCUT2D eigenvalue weighted by atomic mass is 16.5. The zero-order chi connectivity index (χ0) is 11.7. The predicted molar refractivity (Wildman–Crippen MR) is 59.4 cm³/mol. The molecular weight excluding hydrogens is 208 g/mol. The lowest BCUT2D eigenvalue weighted by atomic mass is 10.0. The molecule has 1 aromatic heterocycles. The highest BCUT2D eigenvalue weighted by molar-refractivity contribution is 5.47. The van der Waals surface area contributed by atoms with Gasteiger partial charge in [-0.25, -0.2) is 4.79 Å². The third kappa shape index (κ3) is 1.88. The summed E-state index contributed by atoms with van der Waals surface area (Å²) in [7, 11) is 0. The number of rotatable bonds is 1. The summed E-state index contributed by atoms with van der Waals surface area (Å²) in [6.07, 6.45) is 2.97. The highest BCUT2D eigenvalue weighted by Crippen LogP contribution is 2.32. The summed E-state index contributed by atoms with van der Waals surface area (Å²) >= 11 is 0. The van der Waals surface area contributed by atoms with Gasteiger partial charge in [0.05, 0.1) is 12.2 Å². The minimum absolute atomic E-state index is 0.0947. The van der Waals surface area contributed by atoms with Gasteiger partial charge >= 0.3 is 5.63 Å². The number of fused-ring (bicyclic) bond motifs is 1. The topological polar surface area (TPSA) is 59.7 Å². The lowest BCUT2D eigenvalue weighted by Crippen LogP contribution is -2.27. The van der Waals surface area contributed by atoms with Crippen molar-refractivity contribution in [3.05, 3.63) is 33.9 Å². The first kappa shape index (κ1) is 11.0. The average Bonchev–Trinajstić information content (AvgIpc) is 2.15. The van der Waals surface area contributed by atoms with E-state index in [0.717, 1.165) is 0 Å². The van der Waals surface area contributed by atoms with E-state index in [1.807, 2.05) is 13.8 Å². The summed E-state index contributed by atoms with van der Waals surface area (Å²) in [5.41, 5.74) is -0.295. The molecule has 2 rings (SSSR count). The van der Waals surface area contributed by atoms with Crippen molar-refractivity contribution >= 4 is 6.08 Å². The SMILES string of the molecule is CC=Cc1cc2c(c(=O)o1)C(O)CC(C)O2. The second kappa shape index (κ2) is 4.14. The quantitative estimate of drug-likeness (QED) is 0.788. The second-order valence-electron chi connectivity index (χ2n) is 3.89. The zero-order valence-corrected chi connectivity index (χ0v) is 9.27. The van der Waals surface area contributed by atoms with Gasteiger partial charge in [0, 0.05) is 12.5 Å². The van der Waals surface area contributed by atoms with Crippen molar-refractivity contribution in [1.29, 1.82) is 0 Å². The van der Waals surface area contributed by atoms with Crippen LogP contribution in [0.25, 0.3) is 6.08 Å². The number of aliphatic hydroxyl groups is 1. The van der Waals surface area contributed by atoms with E-state index in [1.54, 1.807) is 18.2 Å². The Labute approximate surface area is 93.2 Å². The monoisotopic (exact) mass is 222 g/mol. The first-order valence-corrected chi connectivity index (χ1v) is 5.27. The standard InChI is InChI=1S/C12H14O4/c1-3-4-8-6-10-11(12(14)16-8)9(13)5-7(2)15-10/h3-4,6-7,9,13H,5H2,1-2H3. The van der Waals surface area contributed by atoms with Crippen molar-refractivity contribution in [3.8, 4) is 5.75 Å². The normalized spacial score (nSPS) is 24.2. The summed E-state index contributed by atoms with van der Waals surface area (Å²) < 4.78 is 10.6. The van der Waals surface area contributed by atoms with E-state index < -0.39 is 11.7 Å². The van der Waals surface area contributed by atoms with E-state index in [9.17, 15) is 9.90 Å². The van der Waals surface area contributed by atoms with Gasteiger partial charge in [0.15, 0.2) is 0 Å². The molecule has 0 aliphatic carbocycles. The van der Waals surface area contributed by atoms with Crippen LogP contribution >= 0.6 is 0 Å². The molecule has 2 unspecified atom stereocenters. The summed E-state index contributed by atoms with van der Waals surface area (Å²) in [6, 6.07) is 1.63. The smallest absolute Gasteiger partial charge is 0.345 e. The van der Waals surface area contributed by atoms with Gasteiger partial charge < -0.3 is 14.3 Å². The van der Waals surface area contributed by atoms with Gasteiger partial charge in [0.25, 0.3) is 0 Å². The van der Waals surface area contributed by atoms with Crippen LogP contribution in [0.3, 0.4) is 0 Å². The number of hydrogen-bond acceptors (Lipinski definition) is 4. The minimum atomic E-state index is -0.797. The fourth-order valence-corrected chi connectivity index (χ4v) is 1.84. The maximum atomic E-state index is 11.6. The van der Waals surface area contributed by atoms with Crippen molar-refractivity contribution in [2.75, 3.05) is 0 Å². The Morgan fingerprint density at radius 2 is 2.31 bits per heavy atom. The van der Waals surface area contributed by atoms with Gasteiger partial charge in [-0.05, 0) is 19.9 Å². The molecule has 0 saturated heterocycles. The molecule has 0 amide bonds. The van der Waals surface area contributed by atoms with Crippen LogP contribution < -0.4 is 10.4 Å². The first-order chi connectivity index (χ1) is 7.61. The van der Waals surface area contributed by atoms with E-state index in [0.29, 0.717) is 17.9 Å². The Bertz CT molecular complexity index is 472. The molecule has 0 fully saturated rings. The number of allylic oxidation sites excluding steroid dienone is 1. The van der Waals surface area contributed by atoms with Crippen molar-refractivity contribution in [2.24, 2.45) is 0 Å². The molecule has 1 aromatic rings. The van der Waals surface area contributed by atoms with Crippen molar-refractivity contribution in [2.45, 2.75) is 32.5 Å². The van der Waals surface area contributed by atoms with Gasteiger partial charge in [-0.3, -0.25) is 0 Å². The molecule has 0 saturated carbocycles. The van der Waals surface area contributed by atoms with Crippen LogP contribution in [0.2, 0.25) is 0 Å². The average molecular weight is 222 g/mol. The van der Waals surface area contributed by atoms with Crippen LogP contribution in [0.5, 0.6) is 5.75 Å². The number of hydrogen-bond donors (Lipinski definition) is 1. The van der Waals surface area contributed by atoms with E-state index in [1.165, 1.54) is 0 Å². The van der Waals surface area contributed by atoms with Crippen molar-refractivity contribution < 1.29 is 14.3 Å². The van der Waals surface area contributed by atoms with E-state index >= 15 is 0 Å². The predicted octanol–water partition coefficient (Wildman–Crippen LogP) is 1.88. The van der Waals surface area contributed by atoms with Crippen LogP contribution in [-0.4, -0.2) is 11.2 Å². The molecule has 1 aliphatic rings. The maximum absolute atomic E-state index is 11.6. The van der Waals surface area contributed by atoms with Crippen LogP contribution in [0.15, 0.2) is 21.4 Å². The molecule has 2 atom stereocenters. The molecule has 1 N–H and O–H groups in total. The lowest BCUT2D eigenvalue weighted by molar-refractivity contribution is 0.0704. The van der Waals surface area contributed by atoms with Crippen LogP contribution in [-0.2, 0) is 0 Å². The lowest BCUT2D eigenvalue weighted by Gasteiger charge is -2.26. The van der Waals surface area contributed by atoms with E-state index in [-0.39, 0.29) is 11.7 Å². The molecule has 1 aliphatic heterocycles. The molecule has 0 aromatic carbocycles. The fraction of sp³-hybridized carbons (Fsp3) is 0.417. The second-order valence-corrected chi connectivity index (χ2v) is 3.89. The summed E-state index contributed by atoms with van der Waals surface area (Å²) in [6.45, 7) is 3.69. The fourth-order valence-electron chi connectivity index (χ4n) is 1.84. The highest BCUT2D eigenvalue weighted by Gasteiger charge is 2.28. The van der Waals surface area contributed by atoms with Gasteiger partial charge in [0.1, 0.15) is 17.1 Å². The van der Waals surface area contributed by atoms with Crippen molar-refractivity contribution in [1.82, 2.24) is 0 Å². The van der Waals surface area contributed by atoms with Crippen LogP contribution in [0, 0.1) is 0 Å². The van der Waals surface area contributed by atoms with E-state index in [2.05, 4.69) is 0 Å². The molecule has 0 bridgehead atoms. The van der Waals surface area contributed by atoms with Gasteiger partial charge in [-0.15, -0.1) is 0 Å². The third-order valence-electron chi connectivity index (χ3n) is 2.52. The molecule has 0 spiro atoms. The molecule has 2 heterocycles. The Morgan fingerprint density at radius 1 is 1.56 bits per heavy atom. The third-order valence-corrected chi connectivity index (χ3v) is 2.52. The zero-order valence-electron chi connectivity index (χ0n) is 9.27. The number of ether oxygens (including phenoxy) is 1. The van der Waals surface area contributed by atoms with Crippen LogP contribution in [0.1, 0.15) is 37.7 Å². The summed E-state index contributed by atoms with van der Waals surface area (Å²) in [5, 5.41) is 9.78. The van der Waals surface area contributed by atoms with Crippen LogP contribution in [0.4, 0.5) is 0 Å². The molecule has 86 valence electrons. The largest absolute Gasteiger partial charge is 0.490 e. The maximum Gasteiger partial charge on any atom is 0.345 e. The number of aliphatic hydroxyl groups excluding tert-OH is 1. The van der Waals surface area contributed by atoms with Gasteiger partial charge in [-0.2, -0.15) is 0 Å². The first-order valence-electron chi connectivity index (χ1n) is 5.27. The summed E-state index contributed by atoms with van der Waals surface area (Å²) in [4.78, 5) is 11.6. The van der Waals surface area contributed by atoms with Crippen molar-refractivity contribution in [3.63, 3.8) is 0 Å². The molecule has 4 nitrogen and oxygen atoms in total.